The third-order valence-corrected chi connectivity index (χ3v) is 4.62. The van der Waals surface area contributed by atoms with Crippen LogP contribution in [0, 0.1) is 5.92 Å². The molecule has 0 amide bonds. The van der Waals surface area contributed by atoms with Gasteiger partial charge in [0.05, 0.1) is 6.61 Å². The quantitative estimate of drug-likeness (QED) is 0.606. The molecule has 15 heavy (non-hydrogen) atoms. The van der Waals surface area contributed by atoms with Crippen LogP contribution in [-0.2, 0) is 0 Å². The highest BCUT2D eigenvalue weighted by atomic mass is 35.8. The molecule has 1 aromatic carbocycles. The molecule has 0 bridgehead atoms. The summed E-state index contributed by atoms with van der Waals surface area (Å²) in [6.07, 6.45) is 0. The minimum Gasteiger partial charge on any atom is -0.493 e. The monoisotopic (exact) mass is 282 g/mol. The van der Waals surface area contributed by atoms with E-state index in [1.54, 1.807) is 0 Å². The van der Waals surface area contributed by atoms with E-state index in [4.69, 9.17) is 38.0 Å². The van der Waals surface area contributed by atoms with Crippen molar-refractivity contribution in [2.24, 2.45) is 5.92 Å². The Morgan fingerprint density at radius 3 is 2.33 bits per heavy atom. The summed E-state index contributed by atoms with van der Waals surface area (Å²) in [5.74, 6) is 1.15. The minimum atomic E-state index is -2.86. The van der Waals surface area contributed by atoms with Gasteiger partial charge in [-0.15, -0.1) is 33.2 Å². The van der Waals surface area contributed by atoms with Crippen LogP contribution in [0.3, 0.4) is 0 Å². The molecule has 0 saturated heterocycles. The van der Waals surface area contributed by atoms with Crippen molar-refractivity contribution in [3.63, 3.8) is 0 Å². The number of hydrogen-bond acceptors (Lipinski definition) is 1. The Bertz CT molecular complexity index is 323. The molecule has 5 heteroatoms. The fourth-order valence-corrected chi connectivity index (χ4v) is 3.21. The zero-order chi connectivity index (χ0) is 11.5. The van der Waals surface area contributed by atoms with Crippen LogP contribution in [0.5, 0.6) is 5.75 Å². The highest BCUT2D eigenvalue weighted by Gasteiger charge is 2.31. The zero-order valence-electron chi connectivity index (χ0n) is 8.64. The molecule has 0 saturated carbocycles. The summed E-state index contributed by atoms with van der Waals surface area (Å²) < 4.78 is 5.61. The van der Waals surface area contributed by atoms with Gasteiger partial charge in [-0.05, 0) is 12.0 Å². The lowest BCUT2D eigenvalue weighted by atomic mass is 10.2. The average molecular weight is 284 g/mol. The SMILES string of the molecule is CC(C)COc1ccccc1[Si](Cl)(Cl)Cl. The van der Waals surface area contributed by atoms with E-state index in [-0.39, 0.29) is 0 Å². The molecule has 0 aliphatic heterocycles. The van der Waals surface area contributed by atoms with Gasteiger partial charge in [0, 0.05) is 5.19 Å². The van der Waals surface area contributed by atoms with Gasteiger partial charge in [-0.3, -0.25) is 0 Å². The van der Waals surface area contributed by atoms with Crippen LogP contribution in [-0.4, -0.2) is 12.6 Å². The molecule has 0 spiro atoms. The summed E-state index contributed by atoms with van der Waals surface area (Å²) in [6.45, 7) is 4.79. The predicted octanol–water partition coefficient (Wildman–Crippen LogP) is 3.58. The molecular weight excluding hydrogens is 271 g/mol. The van der Waals surface area contributed by atoms with E-state index in [1.165, 1.54) is 0 Å². The normalized spacial score (nSPS) is 11.9. The fraction of sp³-hybridized carbons (Fsp3) is 0.400. The van der Waals surface area contributed by atoms with Crippen molar-refractivity contribution in [1.29, 1.82) is 0 Å². The third-order valence-electron chi connectivity index (χ3n) is 1.76. The van der Waals surface area contributed by atoms with E-state index < -0.39 is 6.00 Å². The van der Waals surface area contributed by atoms with Crippen molar-refractivity contribution in [2.75, 3.05) is 6.61 Å². The number of halogens is 3. The lowest BCUT2D eigenvalue weighted by Gasteiger charge is -2.16. The Labute approximate surface area is 105 Å². The summed E-state index contributed by atoms with van der Waals surface area (Å²) in [5.41, 5.74) is 0. The molecule has 0 heterocycles. The Morgan fingerprint density at radius 1 is 1.20 bits per heavy atom. The zero-order valence-corrected chi connectivity index (χ0v) is 11.9. The summed E-state index contributed by atoms with van der Waals surface area (Å²) in [7, 11) is 0. The Morgan fingerprint density at radius 2 is 1.80 bits per heavy atom. The molecule has 0 N–H and O–H groups in total. The lowest BCUT2D eigenvalue weighted by molar-refractivity contribution is 0.273. The topological polar surface area (TPSA) is 9.23 Å². The van der Waals surface area contributed by atoms with Gasteiger partial charge in [0.25, 0.3) is 0 Å². The van der Waals surface area contributed by atoms with Crippen molar-refractivity contribution in [2.45, 2.75) is 13.8 Å². The van der Waals surface area contributed by atoms with E-state index in [2.05, 4.69) is 13.8 Å². The van der Waals surface area contributed by atoms with E-state index in [1.807, 2.05) is 24.3 Å². The smallest absolute Gasteiger partial charge is 0.376 e. The molecule has 0 radical (unpaired) electrons. The highest BCUT2D eigenvalue weighted by Crippen LogP contribution is 2.24. The van der Waals surface area contributed by atoms with Crippen molar-refractivity contribution >= 4 is 44.4 Å². The van der Waals surface area contributed by atoms with Crippen LogP contribution in [0.4, 0.5) is 0 Å². The average Bonchev–Trinajstić information content (AvgIpc) is 2.13. The number of benzene rings is 1. The third kappa shape index (κ3) is 4.23. The lowest BCUT2D eigenvalue weighted by Crippen LogP contribution is -2.32. The first-order valence-electron chi connectivity index (χ1n) is 4.70. The molecule has 0 fully saturated rings. The van der Waals surface area contributed by atoms with Gasteiger partial charge < -0.3 is 4.74 Å². The van der Waals surface area contributed by atoms with E-state index in [9.17, 15) is 0 Å². The van der Waals surface area contributed by atoms with E-state index >= 15 is 0 Å². The molecule has 1 rings (SSSR count). The van der Waals surface area contributed by atoms with Crippen LogP contribution in [0.25, 0.3) is 0 Å². The Kier molecular flexibility index (Phi) is 4.78. The standard InChI is InChI=1S/C10H13Cl3OSi/c1-8(2)7-14-9-5-3-4-6-10(9)15(11,12)13/h3-6,8H,7H2,1-2H3. The number of rotatable bonds is 4. The number of para-hydroxylation sites is 1. The van der Waals surface area contributed by atoms with Crippen LogP contribution in [0.1, 0.15) is 13.8 Å². The number of hydrogen-bond donors (Lipinski definition) is 0. The number of ether oxygens (including phenoxy) is 1. The molecule has 1 aromatic rings. The Balaban J connectivity index is 2.87. The summed E-state index contributed by atoms with van der Waals surface area (Å²) in [5, 5.41) is 0.718. The Hall–Kier alpha value is 0.107. The van der Waals surface area contributed by atoms with Crippen LogP contribution in [0.2, 0.25) is 0 Å². The minimum absolute atomic E-state index is 0.454. The largest absolute Gasteiger partial charge is 0.493 e. The second-order valence-electron chi connectivity index (χ2n) is 3.70. The van der Waals surface area contributed by atoms with Gasteiger partial charge >= 0.3 is 6.00 Å². The van der Waals surface area contributed by atoms with Gasteiger partial charge in [0.1, 0.15) is 5.75 Å². The van der Waals surface area contributed by atoms with E-state index in [0.717, 1.165) is 5.19 Å². The van der Waals surface area contributed by atoms with Crippen molar-refractivity contribution in [3.8, 4) is 5.75 Å². The molecule has 0 aromatic heterocycles. The second kappa shape index (κ2) is 5.44. The van der Waals surface area contributed by atoms with Gasteiger partial charge in [-0.1, -0.05) is 32.0 Å². The van der Waals surface area contributed by atoms with Gasteiger partial charge in [-0.2, -0.15) is 0 Å². The molecular formula is C10H13Cl3OSi. The van der Waals surface area contributed by atoms with Crippen molar-refractivity contribution in [1.82, 2.24) is 0 Å². The van der Waals surface area contributed by atoms with Gasteiger partial charge in [0.2, 0.25) is 0 Å². The van der Waals surface area contributed by atoms with Gasteiger partial charge in [0.15, 0.2) is 0 Å². The van der Waals surface area contributed by atoms with Crippen molar-refractivity contribution in [3.05, 3.63) is 24.3 Å². The van der Waals surface area contributed by atoms with Crippen LogP contribution < -0.4 is 9.92 Å². The van der Waals surface area contributed by atoms with E-state index in [0.29, 0.717) is 18.3 Å². The maximum atomic E-state index is 5.97. The molecule has 84 valence electrons. The molecule has 0 aliphatic carbocycles. The molecule has 0 unspecified atom stereocenters. The summed E-state index contributed by atoms with van der Waals surface area (Å²) >= 11 is 17.9. The second-order valence-corrected chi connectivity index (χ2v) is 12.1. The predicted molar refractivity (Wildman–Crippen MR) is 69.7 cm³/mol. The molecule has 0 aliphatic rings. The van der Waals surface area contributed by atoms with Crippen LogP contribution in [0.15, 0.2) is 24.3 Å². The van der Waals surface area contributed by atoms with Crippen molar-refractivity contribution < 1.29 is 4.74 Å². The maximum Gasteiger partial charge on any atom is 0.376 e. The molecule has 0 atom stereocenters. The summed E-state index contributed by atoms with van der Waals surface area (Å²) in [6, 6.07) is 4.53. The molecule has 1 nitrogen and oxygen atoms in total. The van der Waals surface area contributed by atoms with Crippen LogP contribution >= 0.6 is 33.2 Å². The van der Waals surface area contributed by atoms with Gasteiger partial charge in [-0.25, -0.2) is 0 Å². The summed E-state index contributed by atoms with van der Waals surface area (Å²) in [4.78, 5) is 0. The first-order chi connectivity index (χ1) is 6.91. The maximum absolute atomic E-state index is 5.97. The highest BCUT2D eigenvalue weighted by molar-refractivity contribution is 7.69. The fourth-order valence-electron chi connectivity index (χ4n) is 1.08. The first kappa shape index (κ1) is 13.2. The first-order valence-corrected chi connectivity index (χ1v) is 9.74.